The predicted octanol–water partition coefficient (Wildman–Crippen LogP) is 0.907. The quantitative estimate of drug-likeness (QED) is 0.539. The minimum absolute atomic E-state index is 0.111. The lowest BCUT2D eigenvalue weighted by atomic mass is 10.2. The van der Waals surface area contributed by atoms with Crippen LogP contribution in [0.15, 0.2) is 30.6 Å². The minimum atomic E-state index is 0.111. The van der Waals surface area contributed by atoms with Gasteiger partial charge in [0.15, 0.2) is 12.4 Å². The Hall–Kier alpha value is -1.42. The van der Waals surface area contributed by atoms with E-state index in [0.717, 1.165) is 19.4 Å². The number of unbranched alkanes of at least 4 members (excludes halogenated alkanes) is 1. The van der Waals surface area contributed by atoms with Crippen molar-refractivity contribution in [2.24, 2.45) is 0 Å². The summed E-state index contributed by atoms with van der Waals surface area (Å²) in [6.07, 6.45) is 6.61. The number of nitrogens with zero attached hydrogens (tertiary/aromatic N) is 1. The number of carbonyl (C=O) groups excluding carboxylic acids is 1. The Bertz CT molecular complexity index is 314. The van der Waals surface area contributed by atoms with Crippen LogP contribution in [0.4, 0.5) is 0 Å². The van der Waals surface area contributed by atoms with Gasteiger partial charge in [0.2, 0.25) is 5.91 Å². The van der Waals surface area contributed by atoms with Crippen LogP contribution in [0.1, 0.15) is 19.3 Å². The first-order valence-electron chi connectivity index (χ1n) is 6.02. The van der Waals surface area contributed by atoms with Gasteiger partial charge in [0.05, 0.1) is 6.61 Å². The van der Waals surface area contributed by atoms with Crippen molar-refractivity contribution in [1.82, 2.24) is 5.32 Å². The maximum atomic E-state index is 11.4. The van der Waals surface area contributed by atoms with E-state index in [1.165, 1.54) is 0 Å². The predicted molar refractivity (Wildman–Crippen MR) is 65.4 cm³/mol. The Morgan fingerprint density at radius 1 is 1.24 bits per heavy atom. The van der Waals surface area contributed by atoms with Crippen LogP contribution in [-0.4, -0.2) is 26.2 Å². The van der Waals surface area contributed by atoms with Crippen LogP contribution in [0.5, 0.6) is 0 Å². The standard InChI is InChI=1S/C13H20N2O2/c1-17-12-8-14-13(16)7-3-6-11-15-9-4-2-5-10-15/h2,4-5,9-10H,3,6-8,11-12H2,1H3/p+1. The summed E-state index contributed by atoms with van der Waals surface area (Å²) in [5.41, 5.74) is 0. The fourth-order valence-corrected chi connectivity index (χ4v) is 1.54. The number of aryl methyl sites for hydroxylation is 1. The molecule has 1 N–H and O–H groups in total. The first-order valence-corrected chi connectivity index (χ1v) is 6.02. The van der Waals surface area contributed by atoms with E-state index >= 15 is 0 Å². The van der Waals surface area contributed by atoms with Crippen molar-refractivity contribution in [2.45, 2.75) is 25.8 Å². The second-order valence-corrected chi connectivity index (χ2v) is 3.91. The smallest absolute Gasteiger partial charge is 0.220 e. The van der Waals surface area contributed by atoms with Crippen LogP contribution in [0.2, 0.25) is 0 Å². The average molecular weight is 237 g/mol. The van der Waals surface area contributed by atoms with Crippen molar-refractivity contribution >= 4 is 5.91 Å². The molecule has 0 aromatic carbocycles. The Balaban J connectivity index is 2.02. The molecule has 0 unspecified atom stereocenters. The molecule has 0 aliphatic carbocycles. The molecule has 0 bridgehead atoms. The third-order valence-corrected chi connectivity index (χ3v) is 2.48. The number of hydrogen-bond donors (Lipinski definition) is 1. The molecule has 4 heteroatoms. The molecule has 1 aromatic rings. The van der Waals surface area contributed by atoms with Crippen LogP contribution >= 0.6 is 0 Å². The Morgan fingerprint density at radius 3 is 2.71 bits per heavy atom. The lowest BCUT2D eigenvalue weighted by molar-refractivity contribution is -0.697. The molecule has 0 radical (unpaired) electrons. The summed E-state index contributed by atoms with van der Waals surface area (Å²) in [4.78, 5) is 11.4. The fourth-order valence-electron chi connectivity index (χ4n) is 1.54. The first kappa shape index (κ1) is 13.6. The normalized spacial score (nSPS) is 10.2. The summed E-state index contributed by atoms with van der Waals surface area (Å²) < 4.78 is 6.99. The minimum Gasteiger partial charge on any atom is -0.383 e. The summed E-state index contributed by atoms with van der Waals surface area (Å²) in [5, 5.41) is 2.81. The van der Waals surface area contributed by atoms with Crippen molar-refractivity contribution in [3.63, 3.8) is 0 Å². The number of hydrogen-bond acceptors (Lipinski definition) is 2. The van der Waals surface area contributed by atoms with Crippen molar-refractivity contribution in [3.05, 3.63) is 30.6 Å². The van der Waals surface area contributed by atoms with Crippen molar-refractivity contribution in [1.29, 1.82) is 0 Å². The van der Waals surface area contributed by atoms with Gasteiger partial charge in [-0.15, -0.1) is 0 Å². The molecule has 1 aromatic heterocycles. The van der Waals surface area contributed by atoms with Crippen LogP contribution in [0, 0.1) is 0 Å². The number of rotatable bonds is 8. The number of amides is 1. The Kier molecular flexibility index (Phi) is 6.98. The van der Waals surface area contributed by atoms with Gasteiger partial charge in [-0.05, 0) is 6.42 Å². The van der Waals surface area contributed by atoms with Crippen molar-refractivity contribution in [2.75, 3.05) is 20.3 Å². The largest absolute Gasteiger partial charge is 0.383 e. The van der Waals surface area contributed by atoms with Gasteiger partial charge in [0.1, 0.15) is 6.54 Å². The molecule has 0 atom stereocenters. The van der Waals surface area contributed by atoms with Gasteiger partial charge in [-0.25, -0.2) is 4.57 Å². The van der Waals surface area contributed by atoms with E-state index in [1.54, 1.807) is 7.11 Å². The zero-order valence-corrected chi connectivity index (χ0v) is 10.4. The summed E-state index contributed by atoms with van der Waals surface area (Å²) >= 11 is 0. The average Bonchev–Trinajstić information content (AvgIpc) is 2.36. The van der Waals surface area contributed by atoms with Gasteiger partial charge in [-0.1, -0.05) is 6.07 Å². The maximum Gasteiger partial charge on any atom is 0.220 e. The lowest BCUT2D eigenvalue weighted by Crippen LogP contribution is -2.32. The van der Waals surface area contributed by atoms with E-state index in [1.807, 2.05) is 30.6 Å². The van der Waals surface area contributed by atoms with Crippen LogP contribution in [0.25, 0.3) is 0 Å². The summed E-state index contributed by atoms with van der Waals surface area (Å²) in [7, 11) is 1.63. The molecular weight excluding hydrogens is 216 g/mol. The third kappa shape index (κ3) is 6.68. The van der Waals surface area contributed by atoms with E-state index in [9.17, 15) is 4.79 Å². The molecule has 1 amide bonds. The lowest BCUT2D eigenvalue weighted by Gasteiger charge is -2.03. The number of nitrogens with one attached hydrogen (secondary N) is 1. The molecule has 17 heavy (non-hydrogen) atoms. The third-order valence-electron chi connectivity index (χ3n) is 2.48. The van der Waals surface area contributed by atoms with E-state index in [-0.39, 0.29) is 5.91 Å². The molecule has 0 fully saturated rings. The van der Waals surface area contributed by atoms with Crippen molar-refractivity contribution < 1.29 is 14.1 Å². The van der Waals surface area contributed by atoms with Crippen LogP contribution < -0.4 is 9.88 Å². The summed E-state index contributed by atoms with van der Waals surface area (Å²) in [5.74, 6) is 0.111. The molecule has 0 aliphatic heterocycles. The highest BCUT2D eigenvalue weighted by Gasteiger charge is 2.02. The van der Waals surface area contributed by atoms with Crippen molar-refractivity contribution in [3.8, 4) is 0 Å². The van der Waals surface area contributed by atoms with Gasteiger partial charge < -0.3 is 10.1 Å². The van der Waals surface area contributed by atoms with Gasteiger partial charge in [0.25, 0.3) is 0 Å². The number of methoxy groups -OCH3 is 1. The van der Waals surface area contributed by atoms with Gasteiger partial charge in [0, 0.05) is 38.6 Å². The van der Waals surface area contributed by atoms with Gasteiger partial charge in [-0.2, -0.15) is 0 Å². The molecule has 0 saturated heterocycles. The monoisotopic (exact) mass is 237 g/mol. The molecule has 0 saturated carbocycles. The van der Waals surface area contributed by atoms with E-state index in [2.05, 4.69) is 9.88 Å². The summed E-state index contributed by atoms with van der Waals surface area (Å²) in [6, 6.07) is 6.02. The number of carbonyl (C=O) groups is 1. The Morgan fingerprint density at radius 2 is 2.00 bits per heavy atom. The Labute approximate surface area is 103 Å². The number of aromatic nitrogens is 1. The topological polar surface area (TPSA) is 42.2 Å². The van der Waals surface area contributed by atoms with Crippen LogP contribution in [-0.2, 0) is 16.1 Å². The molecular formula is C13H21N2O2+. The van der Waals surface area contributed by atoms with Crippen LogP contribution in [0.3, 0.4) is 0 Å². The second kappa shape index (κ2) is 8.70. The highest BCUT2D eigenvalue weighted by molar-refractivity contribution is 5.75. The van der Waals surface area contributed by atoms with E-state index in [4.69, 9.17) is 4.74 Å². The molecule has 0 spiro atoms. The SMILES string of the molecule is COCCNC(=O)CCCC[n+]1ccccc1. The number of pyridine rings is 1. The maximum absolute atomic E-state index is 11.4. The highest BCUT2D eigenvalue weighted by atomic mass is 16.5. The zero-order chi connectivity index (χ0) is 12.3. The highest BCUT2D eigenvalue weighted by Crippen LogP contribution is 1.95. The van der Waals surface area contributed by atoms with E-state index in [0.29, 0.717) is 19.6 Å². The molecule has 94 valence electrons. The second-order valence-electron chi connectivity index (χ2n) is 3.91. The summed E-state index contributed by atoms with van der Waals surface area (Å²) in [6.45, 7) is 2.14. The van der Waals surface area contributed by atoms with E-state index < -0.39 is 0 Å². The molecule has 1 rings (SSSR count). The molecule has 1 heterocycles. The van der Waals surface area contributed by atoms with Gasteiger partial charge >= 0.3 is 0 Å². The van der Waals surface area contributed by atoms with Gasteiger partial charge in [-0.3, -0.25) is 4.79 Å². The zero-order valence-electron chi connectivity index (χ0n) is 10.4. The first-order chi connectivity index (χ1) is 8.33. The molecule has 4 nitrogen and oxygen atoms in total. The number of ether oxygens (including phenoxy) is 1. The fraction of sp³-hybridized carbons (Fsp3) is 0.538. The molecule has 0 aliphatic rings.